The Hall–Kier alpha value is -0.120. The van der Waals surface area contributed by atoms with Crippen molar-refractivity contribution in [2.75, 3.05) is 40.3 Å². The minimum atomic E-state index is 0.513. The monoisotopic (exact) mass is 242 g/mol. The lowest BCUT2D eigenvalue weighted by Crippen LogP contribution is -2.31. The molecule has 0 heterocycles. The molecule has 0 unspecified atom stereocenters. The molecule has 3 nitrogen and oxygen atoms in total. The number of hydrogen-bond donors (Lipinski definition) is 1. The molecule has 1 fully saturated rings. The first-order valence-electron chi connectivity index (χ1n) is 6.97. The van der Waals surface area contributed by atoms with E-state index in [9.17, 15) is 0 Å². The van der Waals surface area contributed by atoms with Gasteiger partial charge in [-0.3, -0.25) is 0 Å². The lowest BCUT2D eigenvalue weighted by Gasteiger charge is -2.34. The van der Waals surface area contributed by atoms with Crippen molar-refractivity contribution in [1.82, 2.24) is 10.2 Å². The summed E-state index contributed by atoms with van der Waals surface area (Å²) >= 11 is 0. The molecule has 0 bridgehead atoms. The van der Waals surface area contributed by atoms with E-state index in [4.69, 9.17) is 4.74 Å². The van der Waals surface area contributed by atoms with E-state index in [1.165, 1.54) is 25.7 Å². The Bertz CT molecular complexity index is 194. The van der Waals surface area contributed by atoms with Crippen LogP contribution < -0.4 is 5.32 Å². The van der Waals surface area contributed by atoms with E-state index in [0.717, 1.165) is 26.2 Å². The van der Waals surface area contributed by atoms with Gasteiger partial charge >= 0.3 is 0 Å². The molecular formula is C14H30N2O. The van der Waals surface area contributed by atoms with Gasteiger partial charge in [0.1, 0.15) is 0 Å². The van der Waals surface area contributed by atoms with E-state index >= 15 is 0 Å². The summed E-state index contributed by atoms with van der Waals surface area (Å²) < 4.78 is 5.91. The van der Waals surface area contributed by atoms with Crippen LogP contribution in [-0.2, 0) is 4.74 Å². The third-order valence-electron chi connectivity index (χ3n) is 3.65. The Morgan fingerprint density at radius 1 is 1.18 bits per heavy atom. The SMILES string of the molecule is CN(C)CCNCCOC1CCC(C)(C)CC1. The van der Waals surface area contributed by atoms with E-state index in [2.05, 4.69) is 38.2 Å². The summed E-state index contributed by atoms with van der Waals surface area (Å²) in [4.78, 5) is 2.19. The fraction of sp³-hybridized carbons (Fsp3) is 1.00. The number of hydrogen-bond acceptors (Lipinski definition) is 3. The van der Waals surface area contributed by atoms with Crippen LogP contribution in [0.25, 0.3) is 0 Å². The summed E-state index contributed by atoms with van der Waals surface area (Å²) in [5, 5.41) is 3.41. The molecule has 1 saturated carbocycles. The van der Waals surface area contributed by atoms with Crippen LogP contribution in [0.1, 0.15) is 39.5 Å². The average Bonchev–Trinajstić information content (AvgIpc) is 2.25. The third kappa shape index (κ3) is 7.02. The average molecular weight is 242 g/mol. The Balaban J connectivity index is 1.94. The standard InChI is InChI=1S/C14H30N2O/c1-14(2)7-5-13(6-8-14)17-12-10-15-9-11-16(3)4/h13,15H,5-12H2,1-4H3. The molecule has 0 radical (unpaired) electrons. The first-order chi connectivity index (χ1) is 7.99. The number of ether oxygens (including phenoxy) is 1. The molecule has 1 rings (SSSR count). The zero-order valence-corrected chi connectivity index (χ0v) is 12.1. The molecule has 1 aliphatic carbocycles. The van der Waals surface area contributed by atoms with Crippen molar-refractivity contribution in [3.05, 3.63) is 0 Å². The normalized spacial score (nSPS) is 21.0. The Morgan fingerprint density at radius 2 is 1.82 bits per heavy atom. The smallest absolute Gasteiger partial charge is 0.0594 e. The fourth-order valence-corrected chi connectivity index (χ4v) is 2.26. The molecule has 0 spiro atoms. The van der Waals surface area contributed by atoms with Gasteiger partial charge in [-0.15, -0.1) is 0 Å². The highest BCUT2D eigenvalue weighted by atomic mass is 16.5. The minimum Gasteiger partial charge on any atom is -0.377 e. The lowest BCUT2D eigenvalue weighted by molar-refractivity contribution is 0.00600. The van der Waals surface area contributed by atoms with Gasteiger partial charge in [0.15, 0.2) is 0 Å². The first-order valence-corrected chi connectivity index (χ1v) is 6.97. The summed E-state index contributed by atoms with van der Waals surface area (Å²) in [6.45, 7) is 8.72. The zero-order valence-electron chi connectivity index (χ0n) is 12.1. The van der Waals surface area contributed by atoms with E-state index < -0.39 is 0 Å². The summed E-state index contributed by atoms with van der Waals surface area (Å²) in [5.74, 6) is 0. The molecule has 3 heteroatoms. The van der Waals surface area contributed by atoms with Crippen LogP contribution in [0.2, 0.25) is 0 Å². The summed E-state index contributed by atoms with van der Waals surface area (Å²) in [5.41, 5.74) is 0.545. The fourth-order valence-electron chi connectivity index (χ4n) is 2.26. The highest BCUT2D eigenvalue weighted by Gasteiger charge is 2.26. The van der Waals surface area contributed by atoms with Gasteiger partial charge in [0.2, 0.25) is 0 Å². The predicted molar refractivity (Wildman–Crippen MR) is 73.4 cm³/mol. The number of nitrogens with one attached hydrogen (secondary N) is 1. The van der Waals surface area contributed by atoms with Crippen LogP contribution >= 0.6 is 0 Å². The maximum atomic E-state index is 5.91. The zero-order chi connectivity index (χ0) is 12.7. The maximum Gasteiger partial charge on any atom is 0.0594 e. The van der Waals surface area contributed by atoms with Crippen molar-refractivity contribution in [1.29, 1.82) is 0 Å². The predicted octanol–water partition coefficient (Wildman–Crippen LogP) is 2.12. The van der Waals surface area contributed by atoms with Gasteiger partial charge < -0.3 is 15.0 Å². The largest absolute Gasteiger partial charge is 0.377 e. The van der Waals surface area contributed by atoms with E-state index in [1.807, 2.05) is 0 Å². The molecule has 0 aromatic carbocycles. The molecule has 17 heavy (non-hydrogen) atoms. The second kappa shape index (κ2) is 7.34. The van der Waals surface area contributed by atoms with Crippen molar-refractivity contribution < 1.29 is 4.74 Å². The first kappa shape index (κ1) is 14.9. The molecule has 102 valence electrons. The minimum absolute atomic E-state index is 0.513. The second-order valence-electron chi connectivity index (χ2n) is 6.29. The summed E-state index contributed by atoms with van der Waals surface area (Å²) in [6, 6.07) is 0. The number of likely N-dealkylation sites (N-methyl/N-ethyl adjacent to an activating group) is 1. The van der Waals surface area contributed by atoms with Crippen molar-refractivity contribution in [3.63, 3.8) is 0 Å². The molecule has 0 aliphatic heterocycles. The van der Waals surface area contributed by atoms with Crippen LogP contribution in [0, 0.1) is 5.41 Å². The van der Waals surface area contributed by atoms with Crippen molar-refractivity contribution >= 4 is 0 Å². The highest BCUT2D eigenvalue weighted by Crippen LogP contribution is 2.35. The number of nitrogens with zero attached hydrogens (tertiary/aromatic N) is 1. The number of rotatable bonds is 7. The molecule has 0 aromatic rings. The van der Waals surface area contributed by atoms with Gasteiger partial charge in [0.25, 0.3) is 0 Å². The molecule has 0 saturated heterocycles. The second-order valence-corrected chi connectivity index (χ2v) is 6.29. The van der Waals surface area contributed by atoms with Gasteiger partial charge in [-0.05, 0) is 45.2 Å². The topological polar surface area (TPSA) is 24.5 Å². The van der Waals surface area contributed by atoms with Gasteiger partial charge in [0, 0.05) is 19.6 Å². The molecule has 0 atom stereocenters. The van der Waals surface area contributed by atoms with Crippen LogP contribution in [-0.4, -0.2) is 51.3 Å². The molecular weight excluding hydrogens is 212 g/mol. The van der Waals surface area contributed by atoms with Crippen LogP contribution in [0.4, 0.5) is 0 Å². The van der Waals surface area contributed by atoms with E-state index in [-0.39, 0.29) is 0 Å². The third-order valence-corrected chi connectivity index (χ3v) is 3.65. The van der Waals surface area contributed by atoms with Crippen LogP contribution in [0.15, 0.2) is 0 Å². The summed E-state index contributed by atoms with van der Waals surface area (Å²) in [6.07, 6.45) is 5.62. The molecule has 1 aliphatic rings. The maximum absolute atomic E-state index is 5.91. The van der Waals surface area contributed by atoms with Gasteiger partial charge in [-0.25, -0.2) is 0 Å². The van der Waals surface area contributed by atoms with Crippen LogP contribution in [0.3, 0.4) is 0 Å². The molecule has 0 amide bonds. The molecule has 1 N–H and O–H groups in total. The Morgan fingerprint density at radius 3 is 2.41 bits per heavy atom. The Labute approximate surface area is 107 Å². The van der Waals surface area contributed by atoms with Gasteiger partial charge in [-0.1, -0.05) is 13.8 Å². The van der Waals surface area contributed by atoms with Crippen LogP contribution in [0.5, 0.6) is 0 Å². The Kier molecular flexibility index (Phi) is 6.45. The van der Waals surface area contributed by atoms with Crippen molar-refractivity contribution in [2.45, 2.75) is 45.6 Å². The van der Waals surface area contributed by atoms with Crippen molar-refractivity contribution in [2.24, 2.45) is 5.41 Å². The molecule has 0 aromatic heterocycles. The van der Waals surface area contributed by atoms with Gasteiger partial charge in [-0.2, -0.15) is 0 Å². The lowest BCUT2D eigenvalue weighted by atomic mass is 9.76. The quantitative estimate of drug-likeness (QED) is 0.692. The summed E-state index contributed by atoms with van der Waals surface area (Å²) in [7, 11) is 4.20. The highest BCUT2D eigenvalue weighted by molar-refractivity contribution is 4.78. The van der Waals surface area contributed by atoms with Gasteiger partial charge in [0.05, 0.1) is 12.7 Å². The van der Waals surface area contributed by atoms with E-state index in [1.54, 1.807) is 0 Å². The van der Waals surface area contributed by atoms with E-state index in [0.29, 0.717) is 11.5 Å². The van der Waals surface area contributed by atoms with Crippen molar-refractivity contribution in [3.8, 4) is 0 Å².